The molecule has 2 amide bonds. The molecule has 0 unspecified atom stereocenters. The Labute approximate surface area is 224 Å². The molecular formula is C28H27N3O4S2. The number of aryl methyl sites for hydroxylation is 2. The minimum Gasteiger partial charge on any atom is -0.462 e. The van der Waals surface area contributed by atoms with Gasteiger partial charge in [0.05, 0.1) is 17.9 Å². The van der Waals surface area contributed by atoms with Gasteiger partial charge in [-0.05, 0) is 94.1 Å². The highest BCUT2D eigenvalue weighted by atomic mass is 32.1. The van der Waals surface area contributed by atoms with Crippen molar-refractivity contribution in [3.8, 4) is 5.00 Å². The van der Waals surface area contributed by atoms with E-state index in [0.717, 1.165) is 53.2 Å². The molecule has 5 rings (SSSR count). The molecule has 9 heteroatoms. The van der Waals surface area contributed by atoms with Gasteiger partial charge in [-0.1, -0.05) is 18.2 Å². The van der Waals surface area contributed by atoms with Gasteiger partial charge in [0.15, 0.2) is 5.11 Å². The molecule has 2 aliphatic rings. The molecule has 2 aromatic heterocycles. The molecule has 190 valence electrons. The molecule has 0 saturated carbocycles. The van der Waals surface area contributed by atoms with Gasteiger partial charge in [-0.3, -0.25) is 19.8 Å². The van der Waals surface area contributed by atoms with Crippen molar-refractivity contribution >= 4 is 58.2 Å². The highest BCUT2D eigenvalue weighted by Gasteiger charge is 2.35. The van der Waals surface area contributed by atoms with Crippen LogP contribution in [0.5, 0.6) is 0 Å². The predicted molar refractivity (Wildman–Crippen MR) is 148 cm³/mol. The molecule has 0 atom stereocenters. The molecule has 0 bridgehead atoms. The van der Waals surface area contributed by atoms with Gasteiger partial charge in [-0.15, -0.1) is 11.3 Å². The number of anilines is 1. The van der Waals surface area contributed by atoms with Crippen molar-refractivity contribution < 1.29 is 19.1 Å². The van der Waals surface area contributed by atoms with Crippen molar-refractivity contribution in [2.75, 3.05) is 11.5 Å². The maximum atomic E-state index is 13.4. The van der Waals surface area contributed by atoms with E-state index < -0.39 is 11.8 Å². The number of nitrogens with one attached hydrogen (secondary N) is 1. The number of carbonyl (C=O) groups is 3. The molecule has 1 aliphatic carbocycles. The number of thiophene rings is 1. The normalized spacial score (nSPS) is 16.7. The topological polar surface area (TPSA) is 80.6 Å². The van der Waals surface area contributed by atoms with Gasteiger partial charge in [-0.25, -0.2) is 4.79 Å². The summed E-state index contributed by atoms with van der Waals surface area (Å²) in [6.45, 7) is 6.00. The lowest BCUT2D eigenvalue weighted by atomic mass is 9.95. The van der Waals surface area contributed by atoms with Crippen molar-refractivity contribution in [3.63, 3.8) is 0 Å². The summed E-state index contributed by atoms with van der Waals surface area (Å²) in [4.78, 5) is 41.9. The number of benzene rings is 1. The van der Waals surface area contributed by atoms with Crippen LogP contribution in [0.15, 0.2) is 42.0 Å². The smallest absolute Gasteiger partial charge is 0.341 e. The Bertz CT molecular complexity index is 1470. The zero-order valence-electron chi connectivity index (χ0n) is 20.9. The average Bonchev–Trinajstić information content (AvgIpc) is 3.38. The van der Waals surface area contributed by atoms with E-state index in [1.165, 1.54) is 9.78 Å². The van der Waals surface area contributed by atoms with Crippen LogP contribution in [0.1, 0.15) is 57.5 Å². The molecule has 0 spiro atoms. The third kappa shape index (κ3) is 4.42. The van der Waals surface area contributed by atoms with E-state index in [1.807, 2.05) is 37.5 Å². The predicted octanol–water partition coefficient (Wildman–Crippen LogP) is 5.04. The standard InChI is InChI=1S/C28H27N3O4S2/c1-4-35-27(34)23-20-12-8-9-13-22(20)37-26(23)30-16(2)14-18(17(30)3)15-21-24(32)29-28(36)31(25(21)33)19-10-6-5-7-11-19/h5-7,10-11,14-15H,4,8-9,12-13H2,1-3H3,(H,29,32,36). The third-order valence-corrected chi connectivity index (χ3v) is 8.28. The van der Waals surface area contributed by atoms with Crippen LogP contribution in [0.25, 0.3) is 11.1 Å². The van der Waals surface area contributed by atoms with Crippen LogP contribution >= 0.6 is 23.6 Å². The highest BCUT2D eigenvalue weighted by molar-refractivity contribution is 7.80. The molecule has 7 nitrogen and oxygen atoms in total. The van der Waals surface area contributed by atoms with Gasteiger partial charge < -0.3 is 9.30 Å². The number of rotatable bonds is 5. The summed E-state index contributed by atoms with van der Waals surface area (Å²) in [6.07, 6.45) is 5.57. The van der Waals surface area contributed by atoms with E-state index in [2.05, 4.69) is 5.32 Å². The second-order valence-corrected chi connectivity index (χ2v) is 10.5. The molecule has 3 aromatic rings. The van der Waals surface area contributed by atoms with Crippen LogP contribution in [0.3, 0.4) is 0 Å². The fourth-order valence-electron chi connectivity index (χ4n) is 4.99. The molecule has 1 aliphatic heterocycles. The van der Waals surface area contributed by atoms with Gasteiger partial charge >= 0.3 is 5.97 Å². The first kappa shape index (κ1) is 25.1. The number of fused-ring (bicyclic) bond motifs is 1. The number of hydrogen-bond donors (Lipinski definition) is 1. The largest absolute Gasteiger partial charge is 0.462 e. The summed E-state index contributed by atoms with van der Waals surface area (Å²) >= 11 is 6.92. The lowest BCUT2D eigenvalue weighted by Crippen LogP contribution is -2.54. The van der Waals surface area contributed by atoms with E-state index in [-0.39, 0.29) is 16.7 Å². The summed E-state index contributed by atoms with van der Waals surface area (Å²) in [5.41, 5.74) is 4.74. The number of hydrogen-bond acceptors (Lipinski definition) is 6. The average molecular weight is 534 g/mol. The quantitative estimate of drug-likeness (QED) is 0.215. The van der Waals surface area contributed by atoms with Crippen molar-refractivity contribution in [2.45, 2.75) is 46.5 Å². The van der Waals surface area contributed by atoms with Crippen LogP contribution in [0.2, 0.25) is 0 Å². The van der Waals surface area contributed by atoms with Gasteiger partial charge in [0.1, 0.15) is 10.6 Å². The Balaban J connectivity index is 1.59. The van der Waals surface area contributed by atoms with Gasteiger partial charge in [0.2, 0.25) is 0 Å². The number of ether oxygens (including phenoxy) is 1. The first-order chi connectivity index (χ1) is 17.8. The number of para-hydroxylation sites is 1. The van der Waals surface area contributed by atoms with Crippen molar-refractivity contribution in [2.24, 2.45) is 0 Å². The molecule has 1 aromatic carbocycles. The van der Waals surface area contributed by atoms with Crippen LogP contribution in [0.4, 0.5) is 5.69 Å². The molecular weight excluding hydrogens is 506 g/mol. The lowest BCUT2D eigenvalue weighted by molar-refractivity contribution is -0.122. The number of esters is 1. The Kier molecular flexibility index (Phi) is 6.83. The monoisotopic (exact) mass is 533 g/mol. The van der Waals surface area contributed by atoms with Gasteiger partial charge in [-0.2, -0.15) is 0 Å². The first-order valence-electron chi connectivity index (χ1n) is 12.3. The summed E-state index contributed by atoms with van der Waals surface area (Å²) in [7, 11) is 0. The Morgan fingerprint density at radius 3 is 2.62 bits per heavy atom. The van der Waals surface area contributed by atoms with E-state index in [0.29, 0.717) is 17.9 Å². The van der Waals surface area contributed by atoms with Crippen molar-refractivity contribution in [1.29, 1.82) is 0 Å². The Morgan fingerprint density at radius 2 is 1.89 bits per heavy atom. The summed E-state index contributed by atoms with van der Waals surface area (Å²) in [6, 6.07) is 10.9. The molecule has 1 N–H and O–H groups in total. The van der Waals surface area contributed by atoms with Crippen LogP contribution in [-0.4, -0.2) is 34.1 Å². The van der Waals surface area contributed by atoms with E-state index in [4.69, 9.17) is 17.0 Å². The Morgan fingerprint density at radius 1 is 1.16 bits per heavy atom. The number of nitrogens with zero attached hydrogens (tertiary/aromatic N) is 2. The maximum absolute atomic E-state index is 13.4. The van der Waals surface area contributed by atoms with E-state index >= 15 is 0 Å². The molecule has 37 heavy (non-hydrogen) atoms. The summed E-state index contributed by atoms with van der Waals surface area (Å²) in [5.74, 6) is -1.33. The van der Waals surface area contributed by atoms with Crippen LogP contribution in [0, 0.1) is 13.8 Å². The Hall–Kier alpha value is -3.56. The first-order valence-corrected chi connectivity index (χ1v) is 13.5. The van der Waals surface area contributed by atoms with Crippen LogP contribution < -0.4 is 10.2 Å². The number of carbonyl (C=O) groups excluding carboxylic acids is 3. The van der Waals surface area contributed by atoms with Crippen LogP contribution in [-0.2, 0) is 27.2 Å². The fourth-order valence-corrected chi connectivity index (χ4v) is 6.76. The van der Waals surface area contributed by atoms with E-state index in [1.54, 1.807) is 41.7 Å². The van der Waals surface area contributed by atoms with Gasteiger partial charge in [0.25, 0.3) is 11.8 Å². The fraction of sp³-hybridized carbons (Fsp3) is 0.286. The number of amides is 2. The molecule has 3 heterocycles. The van der Waals surface area contributed by atoms with Gasteiger partial charge in [0, 0.05) is 16.3 Å². The summed E-state index contributed by atoms with van der Waals surface area (Å²) < 4.78 is 7.48. The second kappa shape index (κ2) is 10.1. The zero-order chi connectivity index (χ0) is 26.3. The lowest BCUT2D eigenvalue weighted by Gasteiger charge is -2.28. The maximum Gasteiger partial charge on any atom is 0.341 e. The number of thiocarbonyl (C=S) groups is 1. The van der Waals surface area contributed by atoms with Crippen molar-refractivity contribution in [3.05, 3.63) is 74.9 Å². The molecule has 0 radical (unpaired) electrons. The van der Waals surface area contributed by atoms with E-state index in [9.17, 15) is 14.4 Å². The number of aromatic nitrogens is 1. The minimum absolute atomic E-state index is 0.00575. The zero-order valence-corrected chi connectivity index (χ0v) is 22.6. The second-order valence-electron chi connectivity index (χ2n) is 9.07. The molecule has 1 saturated heterocycles. The SMILES string of the molecule is CCOC(=O)c1c(-n2c(C)cc(C=C3C(=O)NC(=S)N(c4ccccc4)C3=O)c2C)sc2c1CCCC2. The third-order valence-electron chi connectivity index (χ3n) is 6.72. The summed E-state index contributed by atoms with van der Waals surface area (Å²) in [5, 5.41) is 3.51. The molecule has 1 fully saturated rings. The highest BCUT2D eigenvalue weighted by Crippen LogP contribution is 2.39. The minimum atomic E-state index is -0.536. The van der Waals surface area contributed by atoms with Crippen molar-refractivity contribution in [1.82, 2.24) is 9.88 Å².